The minimum Gasteiger partial charge on any atom is -0.486 e. The number of amides is 1. The Kier molecular flexibility index (Phi) is 3.78. The minimum atomic E-state index is 0.238. The lowest BCUT2D eigenvalue weighted by molar-refractivity contribution is -0.132. The van der Waals surface area contributed by atoms with Gasteiger partial charge >= 0.3 is 0 Å². The van der Waals surface area contributed by atoms with Crippen LogP contribution in [-0.4, -0.2) is 43.7 Å². The number of nitrogens with zero attached hydrogens (tertiary/aromatic N) is 1. The molecule has 0 saturated carbocycles. The number of fused-ring (bicyclic) bond motifs is 1. The van der Waals surface area contributed by atoms with E-state index in [1.165, 1.54) is 5.56 Å². The fraction of sp³-hybridized carbons (Fsp3) is 0.533. The molecule has 0 aromatic heterocycles. The number of hydrogen-bond donors (Lipinski definition) is 1. The van der Waals surface area contributed by atoms with E-state index in [9.17, 15) is 4.79 Å². The summed E-state index contributed by atoms with van der Waals surface area (Å²) in [5.41, 5.74) is 1.17. The standard InChI is InChI=1S/C15H20N2O3/c1-17-10-12(3-5-15(17)18)16-9-11-2-4-13-14(8-11)20-7-6-19-13/h2,4,8,12,16H,3,5-7,9-10H2,1H3. The van der Waals surface area contributed by atoms with Gasteiger partial charge in [-0.15, -0.1) is 0 Å². The number of likely N-dealkylation sites (tertiary alicyclic amines) is 1. The van der Waals surface area contributed by atoms with Crippen LogP contribution in [0, 0.1) is 0 Å². The van der Waals surface area contributed by atoms with Crippen molar-refractivity contribution in [1.29, 1.82) is 0 Å². The van der Waals surface area contributed by atoms with Crippen LogP contribution in [0.4, 0.5) is 0 Å². The van der Waals surface area contributed by atoms with Gasteiger partial charge in [0, 0.05) is 32.6 Å². The zero-order valence-corrected chi connectivity index (χ0v) is 11.7. The average molecular weight is 276 g/mol. The van der Waals surface area contributed by atoms with Crippen molar-refractivity contribution < 1.29 is 14.3 Å². The largest absolute Gasteiger partial charge is 0.486 e. The molecule has 1 saturated heterocycles. The summed E-state index contributed by atoms with van der Waals surface area (Å²) in [6.07, 6.45) is 1.54. The maximum atomic E-state index is 11.4. The maximum Gasteiger partial charge on any atom is 0.222 e. The van der Waals surface area contributed by atoms with Gasteiger partial charge in [0.2, 0.25) is 5.91 Å². The number of carbonyl (C=O) groups is 1. The molecule has 2 heterocycles. The van der Waals surface area contributed by atoms with Gasteiger partial charge in [0.05, 0.1) is 0 Å². The van der Waals surface area contributed by atoms with Crippen molar-refractivity contribution in [1.82, 2.24) is 10.2 Å². The second kappa shape index (κ2) is 5.71. The molecule has 2 aliphatic heterocycles. The van der Waals surface area contributed by atoms with Crippen LogP contribution in [0.1, 0.15) is 18.4 Å². The summed E-state index contributed by atoms with van der Waals surface area (Å²) >= 11 is 0. The van der Waals surface area contributed by atoms with Gasteiger partial charge in [-0.25, -0.2) is 0 Å². The Morgan fingerprint density at radius 1 is 1.30 bits per heavy atom. The van der Waals surface area contributed by atoms with Crippen molar-refractivity contribution >= 4 is 5.91 Å². The maximum absolute atomic E-state index is 11.4. The van der Waals surface area contributed by atoms with Crippen LogP contribution in [0.3, 0.4) is 0 Å². The zero-order chi connectivity index (χ0) is 13.9. The monoisotopic (exact) mass is 276 g/mol. The van der Waals surface area contributed by atoms with Gasteiger partial charge < -0.3 is 19.7 Å². The van der Waals surface area contributed by atoms with Crippen LogP contribution in [0.25, 0.3) is 0 Å². The van der Waals surface area contributed by atoms with Crippen LogP contribution < -0.4 is 14.8 Å². The normalized spacial score (nSPS) is 21.9. The van der Waals surface area contributed by atoms with E-state index in [4.69, 9.17) is 9.47 Å². The van der Waals surface area contributed by atoms with E-state index in [-0.39, 0.29) is 5.91 Å². The van der Waals surface area contributed by atoms with Crippen molar-refractivity contribution in [2.75, 3.05) is 26.8 Å². The molecule has 1 atom stereocenters. The average Bonchev–Trinajstić information content (AvgIpc) is 2.48. The number of carbonyl (C=O) groups excluding carboxylic acids is 1. The van der Waals surface area contributed by atoms with Crippen LogP contribution >= 0.6 is 0 Å². The Bertz CT molecular complexity index is 504. The molecule has 3 rings (SSSR count). The van der Waals surface area contributed by atoms with E-state index in [0.29, 0.717) is 25.7 Å². The van der Waals surface area contributed by atoms with E-state index < -0.39 is 0 Å². The quantitative estimate of drug-likeness (QED) is 0.900. The molecule has 2 aliphatic rings. The molecule has 5 heteroatoms. The molecular formula is C15H20N2O3. The fourth-order valence-electron chi connectivity index (χ4n) is 2.64. The van der Waals surface area contributed by atoms with E-state index in [1.807, 2.05) is 19.2 Å². The highest BCUT2D eigenvalue weighted by molar-refractivity contribution is 5.76. The second-order valence-electron chi connectivity index (χ2n) is 5.37. The smallest absolute Gasteiger partial charge is 0.222 e. The lowest BCUT2D eigenvalue weighted by Gasteiger charge is -2.30. The molecule has 0 aliphatic carbocycles. The van der Waals surface area contributed by atoms with Crippen molar-refractivity contribution in [3.63, 3.8) is 0 Å². The molecule has 5 nitrogen and oxygen atoms in total. The number of ether oxygens (including phenoxy) is 2. The van der Waals surface area contributed by atoms with Crippen molar-refractivity contribution in [2.24, 2.45) is 0 Å². The van der Waals surface area contributed by atoms with E-state index in [1.54, 1.807) is 4.90 Å². The Hall–Kier alpha value is -1.75. The minimum absolute atomic E-state index is 0.238. The summed E-state index contributed by atoms with van der Waals surface area (Å²) in [5, 5.41) is 3.51. The summed E-state index contributed by atoms with van der Waals surface area (Å²) in [4.78, 5) is 13.2. The number of benzene rings is 1. The molecule has 1 unspecified atom stereocenters. The third-order valence-corrected chi connectivity index (χ3v) is 3.83. The second-order valence-corrected chi connectivity index (χ2v) is 5.37. The molecule has 0 radical (unpaired) electrons. The Morgan fingerprint density at radius 3 is 2.90 bits per heavy atom. The Morgan fingerprint density at radius 2 is 2.10 bits per heavy atom. The van der Waals surface area contributed by atoms with Gasteiger partial charge in [0.1, 0.15) is 13.2 Å². The molecular weight excluding hydrogens is 256 g/mol. The molecule has 1 amide bonds. The first kappa shape index (κ1) is 13.2. The first-order chi connectivity index (χ1) is 9.72. The van der Waals surface area contributed by atoms with Crippen LogP contribution in [0.5, 0.6) is 11.5 Å². The predicted octanol–water partition coefficient (Wildman–Crippen LogP) is 1.17. The first-order valence-electron chi connectivity index (χ1n) is 7.08. The van der Waals surface area contributed by atoms with Gasteiger partial charge in [-0.2, -0.15) is 0 Å². The predicted molar refractivity (Wildman–Crippen MR) is 74.9 cm³/mol. The van der Waals surface area contributed by atoms with E-state index >= 15 is 0 Å². The van der Waals surface area contributed by atoms with Crippen LogP contribution in [0.15, 0.2) is 18.2 Å². The number of nitrogens with one attached hydrogen (secondary N) is 1. The van der Waals surface area contributed by atoms with Gasteiger partial charge in [0.25, 0.3) is 0 Å². The molecule has 0 spiro atoms. The summed E-state index contributed by atoms with van der Waals surface area (Å²) in [5.74, 6) is 1.89. The molecule has 1 aromatic rings. The van der Waals surface area contributed by atoms with Gasteiger partial charge in [0.15, 0.2) is 11.5 Å². The third kappa shape index (κ3) is 2.88. The number of hydrogen-bond acceptors (Lipinski definition) is 4. The van der Waals surface area contributed by atoms with Crippen LogP contribution in [-0.2, 0) is 11.3 Å². The molecule has 1 aromatic carbocycles. The molecule has 1 N–H and O–H groups in total. The molecule has 0 bridgehead atoms. The number of rotatable bonds is 3. The van der Waals surface area contributed by atoms with E-state index in [2.05, 4.69) is 11.4 Å². The highest BCUT2D eigenvalue weighted by atomic mass is 16.6. The topological polar surface area (TPSA) is 50.8 Å². The molecule has 108 valence electrons. The summed E-state index contributed by atoms with van der Waals surface area (Å²) in [6.45, 7) is 2.79. The highest BCUT2D eigenvalue weighted by Crippen LogP contribution is 2.30. The van der Waals surface area contributed by atoms with Crippen molar-refractivity contribution in [2.45, 2.75) is 25.4 Å². The van der Waals surface area contributed by atoms with Gasteiger partial charge in [-0.3, -0.25) is 4.79 Å². The summed E-state index contributed by atoms with van der Waals surface area (Å²) < 4.78 is 11.1. The lowest BCUT2D eigenvalue weighted by Crippen LogP contribution is -2.46. The van der Waals surface area contributed by atoms with Gasteiger partial charge in [-0.05, 0) is 24.1 Å². The zero-order valence-electron chi connectivity index (χ0n) is 11.7. The van der Waals surface area contributed by atoms with E-state index in [0.717, 1.165) is 31.0 Å². The third-order valence-electron chi connectivity index (χ3n) is 3.83. The van der Waals surface area contributed by atoms with Crippen LogP contribution in [0.2, 0.25) is 0 Å². The molecule has 20 heavy (non-hydrogen) atoms. The Labute approximate surface area is 118 Å². The fourth-order valence-corrected chi connectivity index (χ4v) is 2.64. The first-order valence-corrected chi connectivity index (χ1v) is 7.08. The SMILES string of the molecule is CN1CC(NCc2ccc3c(c2)OCCO3)CCC1=O. The molecule has 1 fully saturated rings. The number of piperidine rings is 1. The van der Waals surface area contributed by atoms with Crippen molar-refractivity contribution in [3.8, 4) is 11.5 Å². The van der Waals surface area contributed by atoms with Gasteiger partial charge in [-0.1, -0.05) is 6.07 Å². The van der Waals surface area contributed by atoms with Crippen molar-refractivity contribution in [3.05, 3.63) is 23.8 Å². The Balaban J connectivity index is 1.57. The lowest BCUT2D eigenvalue weighted by atomic mass is 10.1. The summed E-state index contributed by atoms with van der Waals surface area (Å²) in [7, 11) is 1.86. The highest BCUT2D eigenvalue weighted by Gasteiger charge is 2.22. The number of likely N-dealkylation sites (N-methyl/N-ethyl adjacent to an activating group) is 1. The summed E-state index contributed by atoms with van der Waals surface area (Å²) in [6, 6.07) is 6.41.